The van der Waals surface area contributed by atoms with Crippen LogP contribution in [0.5, 0.6) is 5.75 Å². The van der Waals surface area contributed by atoms with Gasteiger partial charge in [0.15, 0.2) is 0 Å². The van der Waals surface area contributed by atoms with E-state index in [-0.39, 0.29) is 11.7 Å². The largest absolute Gasteiger partial charge is 0.506 e. The maximum atomic E-state index is 12.6. The second-order valence-electron chi connectivity index (χ2n) is 7.08. The summed E-state index contributed by atoms with van der Waals surface area (Å²) in [4.78, 5) is 23.7. The minimum absolute atomic E-state index is 0.0154. The number of carbonyl (C=O) groups is 2. The second kappa shape index (κ2) is 11.9. The molecule has 166 valence electrons. The number of hydroxylamine groups is 1. The molecule has 0 saturated heterocycles. The number of rotatable bonds is 8. The van der Waals surface area contributed by atoms with Gasteiger partial charge in [0.2, 0.25) is 0 Å². The van der Waals surface area contributed by atoms with E-state index in [1.165, 1.54) is 11.6 Å². The van der Waals surface area contributed by atoms with Crippen molar-refractivity contribution in [3.05, 3.63) is 68.6 Å². The second-order valence-corrected chi connectivity index (χ2v) is 8.85. The zero-order chi connectivity index (χ0) is 23.0. The Hall–Kier alpha value is -2.36. The fourth-order valence-corrected chi connectivity index (χ4v) is 4.18. The number of phenols is 1. The van der Waals surface area contributed by atoms with Crippen LogP contribution in [-0.2, 0) is 9.53 Å². The van der Waals surface area contributed by atoms with Crippen LogP contribution in [0.25, 0.3) is 0 Å². The van der Waals surface area contributed by atoms with Crippen LogP contribution in [0, 0.1) is 12.8 Å². The Morgan fingerprint density at radius 2 is 1.87 bits per heavy atom. The molecular weight excluding hydrogens is 532 g/mol. The third kappa shape index (κ3) is 7.68. The molecule has 0 spiro atoms. The summed E-state index contributed by atoms with van der Waals surface area (Å²) < 4.78 is 6.91. The Labute approximate surface area is 197 Å². The Morgan fingerprint density at radius 3 is 2.52 bits per heavy atom. The molecule has 0 aromatic heterocycles. The van der Waals surface area contributed by atoms with E-state index in [1.54, 1.807) is 30.3 Å². The van der Waals surface area contributed by atoms with Crippen LogP contribution < -0.4 is 10.8 Å². The number of nitrogens with one attached hydrogen (secondary N) is 2. The molecule has 7 nitrogen and oxygen atoms in total. The first-order valence-corrected chi connectivity index (χ1v) is 11.1. The van der Waals surface area contributed by atoms with E-state index in [4.69, 9.17) is 9.94 Å². The van der Waals surface area contributed by atoms with Crippen molar-refractivity contribution in [2.45, 2.75) is 32.8 Å². The lowest BCUT2D eigenvalue weighted by atomic mass is 9.92. The predicted octanol–water partition coefficient (Wildman–Crippen LogP) is 5.99. The molecule has 0 fully saturated rings. The molecule has 9 heteroatoms. The average Bonchev–Trinajstić information content (AvgIpc) is 2.73. The Morgan fingerprint density at radius 1 is 1.19 bits per heavy atom. The molecule has 0 aliphatic rings. The molecule has 31 heavy (non-hydrogen) atoms. The number of anilines is 1. The molecule has 2 aromatic carbocycles. The summed E-state index contributed by atoms with van der Waals surface area (Å²) in [5.41, 5.74) is 3.64. The summed E-state index contributed by atoms with van der Waals surface area (Å²) >= 11 is 6.72. The van der Waals surface area contributed by atoms with Gasteiger partial charge in [-0.05, 0) is 65.9 Å². The molecule has 0 bridgehead atoms. The minimum atomic E-state index is -0.751. The first-order valence-electron chi connectivity index (χ1n) is 9.54. The van der Waals surface area contributed by atoms with Crippen molar-refractivity contribution >= 4 is 49.5 Å². The maximum Gasteiger partial charge on any atom is 0.412 e. The maximum absolute atomic E-state index is 12.6. The van der Waals surface area contributed by atoms with E-state index in [1.807, 2.05) is 26.0 Å². The van der Waals surface area contributed by atoms with E-state index < -0.39 is 18.1 Å². The number of amides is 2. The number of aryl methyl sites for hydroxylation is 1. The highest BCUT2D eigenvalue weighted by atomic mass is 79.9. The zero-order valence-corrected chi connectivity index (χ0v) is 20.2. The summed E-state index contributed by atoms with van der Waals surface area (Å²) in [6.07, 6.45) is 2.50. The number of aromatic hydroxyl groups is 1. The van der Waals surface area contributed by atoms with Gasteiger partial charge in [-0.2, -0.15) is 0 Å². The number of hydrogen-bond acceptors (Lipinski definition) is 5. The number of halogens is 2. The summed E-state index contributed by atoms with van der Waals surface area (Å²) in [5.74, 6) is -0.831. The van der Waals surface area contributed by atoms with Gasteiger partial charge in [0, 0.05) is 21.8 Å². The molecular formula is C22H24Br2N2O5. The SMILES string of the molecule is Cc1ccc(NC(=O)O[C@H](c2cc(Br)cc(Br)c2O)[C@@H](C)CC/C=C/C(=O)NO)cc1. The highest BCUT2D eigenvalue weighted by Gasteiger charge is 2.27. The van der Waals surface area contributed by atoms with Crippen molar-refractivity contribution in [3.8, 4) is 5.75 Å². The van der Waals surface area contributed by atoms with E-state index in [0.29, 0.717) is 33.0 Å². The highest BCUT2D eigenvalue weighted by molar-refractivity contribution is 9.11. The third-order valence-electron chi connectivity index (χ3n) is 4.58. The number of allylic oxidation sites excluding steroid dienone is 1. The summed E-state index contributed by atoms with van der Waals surface area (Å²) in [6.45, 7) is 3.84. The molecule has 0 unspecified atom stereocenters. The van der Waals surface area contributed by atoms with Crippen LogP contribution in [-0.4, -0.2) is 22.3 Å². The van der Waals surface area contributed by atoms with Crippen molar-refractivity contribution in [1.82, 2.24) is 5.48 Å². The molecule has 4 N–H and O–H groups in total. The van der Waals surface area contributed by atoms with E-state index >= 15 is 0 Å². The van der Waals surface area contributed by atoms with Gasteiger partial charge < -0.3 is 9.84 Å². The molecule has 2 rings (SSSR count). The summed E-state index contributed by atoms with van der Waals surface area (Å²) in [7, 11) is 0. The summed E-state index contributed by atoms with van der Waals surface area (Å²) in [6, 6.07) is 10.7. The monoisotopic (exact) mass is 554 g/mol. The van der Waals surface area contributed by atoms with Crippen molar-refractivity contribution < 1.29 is 24.6 Å². The summed E-state index contributed by atoms with van der Waals surface area (Å²) in [5, 5.41) is 21.8. The van der Waals surface area contributed by atoms with E-state index in [9.17, 15) is 14.7 Å². The minimum Gasteiger partial charge on any atom is -0.506 e. The predicted molar refractivity (Wildman–Crippen MR) is 125 cm³/mol. The lowest BCUT2D eigenvalue weighted by Crippen LogP contribution is -2.22. The lowest BCUT2D eigenvalue weighted by Gasteiger charge is -2.26. The normalized spacial score (nSPS) is 12.9. The number of carbonyl (C=O) groups excluding carboxylic acids is 2. The molecule has 0 aliphatic carbocycles. The van der Waals surface area contributed by atoms with Gasteiger partial charge in [-0.25, -0.2) is 10.3 Å². The van der Waals surface area contributed by atoms with E-state index in [2.05, 4.69) is 37.2 Å². The van der Waals surface area contributed by atoms with Crippen LogP contribution >= 0.6 is 31.9 Å². The van der Waals surface area contributed by atoms with Gasteiger partial charge >= 0.3 is 6.09 Å². The third-order valence-corrected chi connectivity index (χ3v) is 5.64. The van der Waals surface area contributed by atoms with Crippen molar-refractivity contribution in [2.24, 2.45) is 5.92 Å². The van der Waals surface area contributed by atoms with Gasteiger partial charge in [-0.3, -0.25) is 15.3 Å². The van der Waals surface area contributed by atoms with Gasteiger partial charge in [0.1, 0.15) is 11.9 Å². The first kappa shape index (κ1) is 24.9. The highest BCUT2D eigenvalue weighted by Crippen LogP contribution is 2.40. The zero-order valence-electron chi connectivity index (χ0n) is 17.1. The Balaban J connectivity index is 2.21. The fourth-order valence-electron chi connectivity index (χ4n) is 2.93. The number of ether oxygens (including phenoxy) is 1. The van der Waals surface area contributed by atoms with Crippen molar-refractivity contribution in [2.75, 3.05) is 5.32 Å². The lowest BCUT2D eigenvalue weighted by molar-refractivity contribution is -0.124. The molecule has 0 saturated carbocycles. The quantitative estimate of drug-likeness (QED) is 0.182. The fraction of sp³-hybridized carbons (Fsp3) is 0.273. The van der Waals surface area contributed by atoms with Gasteiger partial charge in [0.25, 0.3) is 5.91 Å². The number of benzene rings is 2. The van der Waals surface area contributed by atoms with Crippen LogP contribution in [0.2, 0.25) is 0 Å². The molecule has 0 radical (unpaired) electrons. The molecule has 2 atom stereocenters. The van der Waals surface area contributed by atoms with E-state index in [0.717, 1.165) is 5.56 Å². The standard InChI is InChI=1S/C22H24Br2N2O5/c1-13-7-9-16(10-8-13)25-22(29)31-21(14(2)5-3-4-6-19(27)26-30)17-11-15(23)12-18(24)20(17)28/h4,6-12,14,21,28,30H,3,5H2,1-2H3,(H,25,29)(H,26,27)/b6-4+/t14-,21-/m0/s1. The molecule has 2 amide bonds. The topological polar surface area (TPSA) is 108 Å². The van der Waals surface area contributed by atoms with Crippen LogP contribution in [0.15, 0.2) is 57.5 Å². The molecule has 0 heterocycles. The van der Waals surface area contributed by atoms with Gasteiger partial charge in [-0.15, -0.1) is 0 Å². The first-order chi connectivity index (χ1) is 14.7. The van der Waals surface area contributed by atoms with Gasteiger partial charge in [-0.1, -0.05) is 46.6 Å². The number of phenolic OH excluding ortho intramolecular Hbond substituents is 1. The van der Waals surface area contributed by atoms with Crippen LogP contribution in [0.3, 0.4) is 0 Å². The van der Waals surface area contributed by atoms with Crippen molar-refractivity contribution in [1.29, 1.82) is 0 Å². The molecule has 0 aliphatic heterocycles. The average molecular weight is 556 g/mol. The Kier molecular flexibility index (Phi) is 9.54. The van der Waals surface area contributed by atoms with Crippen molar-refractivity contribution in [3.63, 3.8) is 0 Å². The van der Waals surface area contributed by atoms with Crippen LogP contribution in [0.4, 0.5) is 10.5 Å². The number of hydrogen-bond donors (Lipinski definition) is 4. The van der Waals surface area contributed by atoms with Gasteiger partial charge in [0.05, 0.1) is 4.47 Å². The Bertz CT molecular complexity index is 948. The smallest absolute Gasteiger partial charge is 0.412 e. The van der Waals surface area contributed by atoms with Crippen LogP contribution in [0.1, 0.15) is 37.0 Å². The molecule has 2 aromatic rings.